The van der Waals surface area contributed by atoms with Gasteiger partial charge in [-0.15, -0.1) is 0 Å². The molecule has 0 fully saturated rings. The van der Waals surface area contributed by atoms with Crippen LogP contribution in [0.15, 0.2) is 182 Å². The number of hydrogen-bond acceptors (Lipinski definition) is 23. The van der Waals surface area contributed by atoms with Gasteiger partial charge >= 0.3 is 0 Å². The zero-order valence-electron chi connectivity index (χ0n) is 77.5. The van der Waals surface area contributed by atoms with Gasteiger partial charge in [0.15, 0.2) is 17.5 Å². The van der Waals surface area contributed by atoms with Crippen molar-refractivity contribution >= 4 is 88.8 Å². The smallest absolute Gasteiger partial charge is 0.244 e. The Hall–Kier alpha value is -12.9. The largest absolute Gasteiger partial charge is 0.385 e. The molecule has 0 saturated carbocycles. The summed E-state index contributed by atoms with van der Waals surface area (Å²) in [7, 11) is 15.8. The molecule has 0 radical (unpaired) electrons. The first-order valence-corrected chi connectivity index (χ1v) is 45.8. The van der Waals surface area contributed by atoms with E-state index in [4.69, 9.17) is 75.8 Å². The van der Waals surface area contributed by atoms with Crippen molar-refractivity contribution in [2.45, 2.75) is 149 Å². The molecule has 3 unspecified atom stereocenters. The second-order valence-corrected chi connectivity index (χ2v) is 34.9. The topological polar surface area (TPSA) is 324 Å². The molecule has 30 heteroatoms. The highest BCUT2D eigenvalue weighted by molar-refractivity contribution is 6.10. The number of hydrogen-bond donors (Lipinski definition) is 5. The number of methoxy groups -OCH3 is 1. The third kappa shape index (κ3) is 22.5. The molecule has 1 amide bonds. The molecule has 678 valence electrons. The highest BCUT2D eigenvalue weighted by atomic mass is 16.5. The van der Waals surface area contributed by atoms with E-state index in [9.17, 15) is 4.79 Å². The molecule has 5 N–H and O–H groups in total. The van der Waals surface area contributed by atoms with Crippen molar-refractivity contribution in [3.63, 3.8) is 0 Å². The van der Waals surface area contributed by atoms with E-state index >= 15 is 0 Å². The summed E-state index contributed by atoms with van der Waals surface area (Å²) >= 11 is 0. The summed E-state index contributed by atoms with van der Waals surface area (Å²) in [6.45, 7) is 17.1. The van der Waals surface area contributed by atoms with Crippen LogP contribution in [0.5, 0.6) is 0 Å². The number of carbonyl (C=O) groups excluding carboxylic acids is 1. The van der Waals surface area contributed by atoms with Crippen LogP contribution in [0.3, 0.4) is 0 Å². The molecular weight excluding hydrogens is 1630 g/mol. The minimum atomic E-state index is -0.257. The first-order chi connectivity index (χ1) is 63.3. The van der Waals surface area contributed by atoms with E-state index < -0.39 is 0 Å². The summed E-state index contributed by atoms with van der Waals surface area (Å²) in [5.74, 6) is 4.28. The van der Waals surface area contributed by atoms with Crippen LogP contribution in [0, 0.1) is 16.7 Å². The lowest BCUT2D eigenvalue weighted by atomic mass is 9.81. The van der Waals surface area contributed by atoms with Crippen molar-refractivity contribution < 1.29 is 14.3 Å². The second-order valence-electron chi connectivity index (χ2n) is 34.9. The normalized spacial score (nSPS) is 16.2. The first-order valence-electron chi connectivity index (χ1n) is 45.8. The number of benzene rings is 3. The third-order valence-corrected chi connectivity index (χ3v) is 25.0. The van der Waals surface area contributed by atoms with Gasteiger partial charge in [0.05, 0.1) is 64.8 Å². The van der Waals surface area contributed by atoms with Crippen molar-refractivity contribution in [1.29, 1.82) is 10.8 Å². The molecule has 0 saturated heterocycles. The second kappa shape index (κ2) is 43.5. The van der Waals surface area contributed by atoms with E-state index in [2.05, 4.69) is 163 Å². The predicted molar refractivity (Wildman–Crippen MR) is 524 cm³/mol. The Kier molecular flexibility index (Phi) is 30.7. The van der Waals surface area contributed by atoms with Gasteiger partial charge in [-0.1, -0.05) is 110 Å². The highest BCUT2D eigenvalue weighted by Gasteiger charge is 2.33. The van der Waals surface area contributed by atoms with Crippen molar-refractivity contribution in [3.05, 3.63) is 207 Å². The summed E-state index contributed by atoms with van der Waals surface area (Å²) < 4.78 is 23.1. The summed E-state index contributed by atoms with van der Waals surface area (Å²) in [4.78, 5) is 53.7. The monoisotopic (exact) mass is 1750 g/mol. The van der Waals surface area contributed by atoms with Crippen molar-refractivity contribution in [2.24, 2.45) is 52.0 Å². The van der Waals surface area contributed by atoms with Gasteiger partial charge in [-0.3, -0.25) is 47.9 Å². The quantitative estimate of drug-likeness (QED) is 0.0176. The standard InChI is InChI=1S/C100H125N27O3/c1-13-67(2)57-79(70-19-25-75(26-20-70)99-95-84(115-124(99)11)36-33-78-65-108-100(112-96(78)95)111-89-41-47-126(118-89)52-48-119(5)6)60-105-66-90(128)121(8)51-49-120(7)50-53-127-46-40-88(117-127)110-86-38-18-69(4)92-77(64-107-86)32-35-83-94(92)98(123(10)114-83)74-29-23-72(24-30-74)81(59-102)62-104-43-15-55-130-56-16-44-125-45-39-87(116-125)109-85-37-17-68(3)91-76(63-106-85)31-34-82-93(91)97(122(9)113-82)73-27-21-71(22-28-73)80(58-101)61-103-42-14-54-129-12/h19-30,39-41,45-47,57-65,67,80-81,101-102H,13-18,31-38,42-44,48-56,66H2,1-12H3,(H,106,109,116)(H,107,110,117)(H,108,111,112,118)/b76-63-,77-64-,79-57+,91-68?,92-69?,101-58?,102-59?,103-61?,104-62?,105-60?. The molecule has 3 aliphatic carbocycles. The van der Waals surface area contributed by atoms with Crippen molar-refractivity contribution in [1.82, 2.24) is 83.4 Å². The molecule has 2 aliphatic heterocycles. The zero-order chi connectivity index (χ0) is 90.7. The highest BCUT2D eigenvalue weighted by Crippen LogP contribution is 2.47. The predicted octanol–water partition coefficient (Wildman–Crippen LogP) is 15.9. The molecule has 9 heterocycles. The van der Waals surface area contributed by atoms with Gasteiger partial charge in [0, 0.05) is 234 Å². The lowest BCUT2D eigenvalue weighted by Crippen LogP contribution is -2.36. The number of aryl methyl sites for hydroxylation is 8. The minimum Gasteiger partial charge on any atom is -0.385 e. The summed E-state index contributed by atoms with van der Waals surface area (Å²) in [6.07, 6.45) is 34.2. The number of rotatable bonds is 40. The number of carbonyl (C=O) groups is 1. The fraction of sp³-hybridized carbons (Fsp3) is 0.420. The Labute approximate surface area is 763 Å². The molecule has 10 aromatic rings. The Balaban J connectivity index is 0.475. The SMILES string of the molecule is CCC(C)/C=C(\C=NCC(=O)N(C)CCN(C)CCn1ccc(NC2=N/C=C3/CCc4nn(C)c(-c5ccc(C(C=N)C=NCCCOCCCn6ccc(NC7=N/C=C8/CCc9nn(C)c(-c%10ccc(C(C=N)C=NCCCOC)cc%10)c9C8=C(C)CC7)n6)cc5)c4C3=C(C)CC2)n1)c1ccc(-c2c3c(nn2C)CCc2cnc(Nc4ccn(CCN(C)C)n4)nc2-3)cc1. The molecule has 15 rings (SSSR count). The molecule has 0 spiro atoms. The maximum atomic E-state index is 13.6. The van der Waals surface area contributed by atoms with Gasteiger partial charge in [0.2, 0.25) is 11.9 Å². The van der Waals surface area contributed by atoms with Crippen molar-refractivity contribution in [3.8, 4) is 45.0 Å². The molecular formula is C100H125N27O3. The van der Waals surface area contributed by atoms with E-state index in [1.54, 1.807) is 12.0 Å². The number of amides is 1. The van der Waals surface area contributed by atoms with Gasteiger partial charge in [0.1, 0.15) is 18.2 Å². The number of amidine groups is 2. The van der Waals surface area contributed by atoms with Crippen LogP contribution in [0.2, 0.25) is 0 Å². The van der Waals surface area contributed by atoms with Crippen molar-refractivity contribution in [2.75, 3.05) is 117 Å². The van der Waals surface area contributed by atoms with Crippen LogP contribution in [-0.2, 0) is 80.7 Å². The summed E-state index contributed by atoms with van der Waals surface area (Å²) in [5.41, 5.74) is 26.5. The average Bonchev–Trinajstić information content (AvgIpc) is 1.60. The van der Waals surface area contributed by atoms with E-state index in [-0.39, 0.29) is 24.3 Å². The molecule has 130 heavy (non-hydrogen) atoms. The molecule has 0 bridgehead atoms. The lowest BCUT2D eigenvalue weighted by molar-refractivity contribution is -0.128. The number of allylic oxidation sites excluding steroid dienone is 8. The van der Waals surface area contributed by atoms with Gasteiger partial charge in [-0.2, -0.15) is 30.6 Å². The molecule has 3 aromatic carbocycles. The van der Waals surface area contributed by atoms with E-state index in [1.807, 2.05) is 130 Å². The Morgan fingerprint density at radius 1 is 0.546 bits per heavy atom. The van der Waals surface area contributed by atoms with E-state index in [0.717, 1.165) is 229 Å². The van der Waals surface area contributed by atoms with E-state index in [1.165, 1.54) is 57.0 Å². The fourth-order valence-electron chi connectivity index (χ4n) is 17.5. The number of likely N-dealkylation sites (N-methyl/N-ethyl adjacent to an activating group) is 3. The van der Waals surface area contributed by atoms with Gasteiger partial charge in [-0.05, 0) is 162 Å². The Morgan fingerprint density at radius 3 is 1.57 bits per heavy atom. The van der Waals surface area contributed by atoms with Crippen LogP contribution < -0.4 is 16.0 Å². The van der Waals surface area contributed by atoms with Gasteiger partial charge in [0.25, 0.3) is 0 Å². The zero-order valence-corrected chi connectivity index (χ0v) is 77.5. The van der Waals surface area contributed by atoms with Gasteiger partial charge in [-0.25, -0.2) is 20.0 Å². The van der Waals surface area contributed by atoms with Crippen LogP contribution in [0.25, 0.3) is 61.7 Å². The maximum Gasteiger partial charge on any atom is 0.244 e. The van der Waals surface area contributed by atoms with Crippen LogP contribution in [0.4, 0.5) is 23.4 Å². The molecule has 30 nitrogen and oxygen atoms in total. The number of fused-ring (bicyclic) bond motifs is 9. The number of ether oxygens (including phenoxy) is 2. The summed E-state index contributed by atoms with van der Waals surface area (Å²) in [5, 5.41) is 56.5. The van der Waals surface area contributed by atoms with E-state index in [0.29, 0.717) is 70.2 Å². The fourth-order valence-corrected chi connectivity index (χ4v) is 17.5. The summed E-state index contributed by atoms with van der Waals surface area (Å²) in [6, 6.07) is 31.5. The number of aromatic nitrogens is 14. The average molecular weight is 1750 g/mol. The molecule has 7 aromatic heterocycles. The number of aliphatic imine (C=N–C) groups is 5. The van der Waals surface area contributed by atoms with Gasteiger partial charge < -0.3 is 50.9 Å². The third-order valence-electron chi connectivity index (χ3n) is 25.0. The van der Waals surface area contributed by atoms with Crippen LogP contribution >= 0.6 is 0 Å². The Morgan fingerprint density at radius 2 is 1.04 bits per heavy atom. The number of nitrogens with zero attached hydrogens (tertiary/aromatic N) is 22. The Bertz CT molecular complexity index is 5980. The first kappa shape index (κ1) is 91.8. The van der Waals surface area contributed by atoms with Crippen LogP contribution in [-0.4, -0.2) is 233 Å². The molecule has 3 atom stereocenters. The number of nitrogens with one attached hydrogen (secondary N) is 5. The maximum absolute atomic E-state index is 13.6. The minimum absolute atomic E-state index is 0.0432. The molecule has 5 aliphatic rings. The van der Waals surface area contributed by atoms with Crippen LogP contribution in [0.1, 0.15) is 154 Å². The number of anilines is 4. The lowest BCUT2D eigenvalue weighted by Gasteiger charge is -2.24.